The van der Waals surface area contributed by atoms with E-state index in [2.05, 4.69) is 50.5 Å². The summed E-state index contributed by atoms with van der Waals surface area (Å²) in [4.78, 5) is 39.9. The first-order valence-electron chi connectivity index (χ1n) is 16.3. The number of piperazine rings is 1. The van der Waals surface area contributed by atoms with Crippen molar-refractivity contribution < 1.29 is 18.7 Å². The van der Waals surface area contributed by atoms with Crippen LogP contribution in [0.5, 0.6) is 0 Å². The van der Waals surface area contributed by atoms with Crippen molar-refractivity contribution >= 4 is 17.7 Å². The van der Waals surface area contributed by atoms with Crippen LogP contribution in [0.4, 0.5) is 14.9 Å². The topological polar surface area (TPSA) is 69.2 Å². The van der Waals surface area contributed by atoms with E-state index < -0.39 is 5.60 Å². The van der Waals surface area contributed by atoms with Gasteiger partial charge in [0.2, 0.25) is 5.91 Å². The summed E-state index contributed by atoms with van der Waals surface area (Å²) in [6.07, 6.45) is 7.77. The third-order valence-corrected chi connectivity index (χ3v) is 9.38. The molecule has 2 amide bonds. The van der Waals surface area contributed by atoms with Gasteiger partial charge in [-0.05, 0) is 63.7 Å². The van der Waals surface area contributed by atoms with Crippen LogP contribution >= 0.6 is 0 Å². The second-order valence-corrected chi connectivity index (χ2v) is 15.9. The first-order chi connectivity index (χ1) is 20.5. The maximum Gasteiger partial charge on any atom is 0.410 e. The number of rotatable bonds is 7. The molecule has 0 bridgehead atoms. The van der Waals surface area contributed by atoms with E-state index in [-0.39, 0.29) is 40.7 Å². The molecule has 9 heteroatoms. The molecule has 0 aromatic carbocycles. The lowest BCUT2D eigenvalue weighted by molar-refractivity contribution is -0.128. The van der Waals surface area contributed by atoms with Crippen LogP contribution < -0.4 is 4.90 Å². The molecule has 0 spiro atoms. The van der Waals surface area contributed by atoms with E-state index in [1.54, 1.807) is 6.08 Å². The minimum atomic E-state index is -0.568. The summed E-state index contributed by atoms with van der Waals surface area (Å²) < 4.78 is 19.3. The van der Waals surface area contributed by atoms with Crippen molar-refractivity contribution in [2.24, 2.45) is 5.41 Å². The van der Waals surface area contributed by atoms with Crippen LogP contribution in [0.1, 0.15) is 85.9 Å². The highest BCUT2D eigenvalue weighted by molar-refractivity contribution is 5.79. The number of amides is 2. The monoisotopic (exact) mass is 609 g/mol. The molecule has 0 N–H and O–H groups in total. The molecule has 1 aromatic heterocycles. The quantitative estimate of drug-likeness (QED) is 0.386. The summed E-state index contributed by atoms with van der Waals surface area (Å²) in [5, 5.41) is 0. The van der Waals surface area contributed by atoms with Gasteiger partial charge in [-0.15, -0.1) is 0 Å². The number of pyridine rings is 1. The fourth-order valence-corrected chi connectivity index (χ4v) is 7.24. The summed E-state index contributed by atoms with van der Waals surface area (Å²) in [5.74, 6) is 0.142. The van der Waals surface area contributed by atoms with Gasteiger partial charge in [0.15, 0.2) is 0 Å². The van der Waals surface area contributed by atoms with E-state index >= 15 is 0 Å². The maximum atomic E-state index is 13.5. The van der Waals surface area contributed by atoms with Crippen molar-refractivity contribution in [3.05, 3.63) is 47.1 Å². The Morgan fingerprint density at radius 1 is 1.07 bits per heavy atom. The maximum absolute atomic E-state index is 13.5. The SMILES string of the molecule is CC1CN(CCN2CC(C)(C)c3ncc(CC4=CC=C(F)CC4)cc32)C(CN2CC(C)(C)CC2=O)CN1C(=O)OC(C)(C)C. The van der Waals surface area contributed by atoms with E-state index in [0.29, 0.717) is 25.9 Å². The van der Waals surface area contributed by atoms with Gasteiger partial charge in [-0.25, -0.2) is 9.18 Å². The zero-order valence-electron chi connectivity index (χ0n) is 28.1. The van der Waals surface area contributed by atoms with Crippen molar-refractivity contribution in [3.63, 3.8) is 0 Å². The van der Waals surface area contributed by atoms with Crippen molar-refractivity contribution in [1.82, 2.24) is 19.7 Å². The van der Waals surface area contributed by atoms with Crippen molar-refractivity contribution in [3.8, 4) is 0 Å². The number of aromatic nitrogens is 1. The zero-order chi connectivity index (χ0) is 32.0. The molecule has 0 radical (unpaired) electrons. The van der Waals surface area contributed by atoms with Crippen molar-refractivity contribution in [2.75, 3.05) is 50.7 Å². The average molecular weight is 610 g/mol. The minimum Gasteiger partial charge on any atom is -0.444 e. The molecule has 2 unspecified atom stereocenters. The number of carbonyl (C=O) groups excluding carboxylic acids is 2. The smallest absolute Gasteiger partial charge is 0.410 e. The minimum absolute atomic E-state index is 0.00921. The van der Waals surface area contributed by atoms with E-state index in [0.717, 1.165) is 56.8 Å². The molecule has 242 valence electrons. The van der Waals surface area contributed by atoms with Gasteiger partial charge in [0, 0.05) is 82.4 Å². The number of hydrogen-bond acceptors (Lipinski definition) is 6. The summed E-state index contributed by atoms with van der Waals surface area (Å²) in [7, 11) is 0. The molecule has 2 saturated heterocycles. The molecule has 0 saturated carbocycles. The molecule has 3 aliphatic heterocycles. The Labute approximate surface area is 263 Å². The molecular weight excluding hydrogens is 557 g/mol. The number of carbonyl (C=O) groups is 2. The predicted octanol–water partition coefficient (Wildman–Crippen LogP) is 5.86. The summed E-state index contributed by atoms with van der Waals surface area (Å²) in [6.45, 7) is 21.7. The van der Waals surface area contributed by atoms with Gasteiger partial charge in [-0.3, -0.25) is 14.7 Å². The molecule has 2 fully saturated rings. The molecule has 2 atom stereocenters. The first kappa shape index (κ1) is 32.5. The second-order valence-electron chi connectivity index (χ2n) is 15.9. The number of fused-ring (bicyclic) bond motifs is 1. The first-order valence-corrected chi connectivity index (χ1v) is 16.3. The molecule has 44 heavy (non-hydrogen) atoms. The van der Waals surface area contributed by atoms with Gasteiger partial charge in [0.05, 0.1) is 11.4 Å². The van der Waals surface area contributed by atoms with Crippen molar-refractivity contribution in [1.29, 1.82) is 0 Å². The summed E-state index contributed by atoms with van der Waals surface area (Å²) in [6, 6.07) is 2.28. The molecule has 8 nitrogen and oxygen atoms in total. The molecule has 1 aliphatic carbocycles. The number of allylic oxidation sites excluding steroid dienone is 4. The Morgan fingerprint density at radius 3 is 2.45 bits per heavy atom. The highest BCUT2D eigenvalue weighted by Crippen LogP contribution is 2.40. The van der Waals surface area contributed by atoms with E-state index in [1.165, 1.54) is 11.3 Å². The van der Waals surface area contributed by atoms with Gasteiger partial charge in [0.1, 0.15) is 11.4 Å². The molecule has 4 aliphatic rings. The summed E-state index contributed by atoms with van der Waals surface area (Å²) in [5.41, 5.74) is 4.01. The second kappa shape index (κ2) is 12.1. The highest BCUT2D eigenvalue weighted by Gasteiger charge is 2.42. The lowest BCUT2D eigenvalue weighted by Crippen LogP contribution is -2.63. The van der Waals surface area contributed by atoms with Crippen LogP contribution in [-0.4, -0.2) is 95.2 Å². The molecule has 4 heterocycles. The Bertz CT molecular complexity index is 1330. The predicted molar refractivity (Wildman–Crippen MR) is 172 cm³/mol. The van der Waals surface area contributed by atoms with Gasteiger partial charge in [0.25, 0.3) is 0 Å². The van der Waals surface area contributed by atoms with Crippen LogP contribution in [0.25, 0.3) is 0 Å². The van der Waals surface area contributed by atoms with Gasteiger partial charge in [-0.2, -0.15) is 0 Å². The number of ether oxygens (including phenoxy) is 1. The number of nitrogens with zero attached hydrogens (tertiary/aromatic N) is 5. The molecular formula is C35H52FN5O3. The number of hydrogen-bond donors (Lipinski definition) is 0. The van der Waals surface area contributed by atoms with Gasteiger partial charge >= 0.3 is 6.09 Å². The van der Waals surface area contributed by atoms with Crippen LogP contribution in [-0.2, 0) is 21.4 Å². The third-order valence-electron chi connectivity index (χ3n) is 9.38. The highest BCUT2D eigenvalue weighted by atomic mass is 19.1. The average Bonchev–Trinajstić information content (AvgIpc) is 3.32. The normalized spacial score (nSPS) is 25.2. The summed E-state index contributed by atoms with van der Waals surface area (Å²) >= 11 is 0. The number of anilines is 1. The Kier molecular flexibility index (Phi) is 8.93. The van der Waals surface area contributed by atoms with Gasteiger partial charge < -0.3 is 19.4 Å². The zero-order valence-corrected chi connectivity index (χ0v) is 28.1. The standard InChI is InChI=1S/C35H52FN5O3/c1-24-19-38(28(20-40-22-34(5,6)17-30(40)42)21-41(24)32(43)44-33(2,3)4)13-14-39-23-35(7,8)31-29(39)16-26(18-37-31)15-25-9-11-27(36)12-10-25/h9,11,16,18,24,28H,10,12-15,17,19-23H2,1-8H3. The number of likely N-dealkylation sites (tertiary alicyclic amines) is 1. The fraction of sp³-hybridized carbons (Fsp3) is 0.686. The van der Waals surface area contributed by atoms with E-state index in [4.69, 9.17) is 9.72 Å². The van der Waals surface area contributed by atoms with Crippen LogP contribution in [0.2, 0.25) is 0 Å². The van der Waals surface area contributed by atoms with Crippen molar-refractivity contribution in [2.45, 2.75) is 104 Å². The van der Waals surface area contributed by atoms with Crippen LogP contribution in [0.3, 0.4) is 0 Å². The molecule has 5 rings (SSSR count). The third kappa shape index (κ3) is 7.47. The molecule has 1 aromatic rings. The Balaban J connectivity index is 1.32. The number of halogens is 1. The van der Waals surface area contributed by atoms with Gasteiger partial charge in [-0.1, -0.05) is 39.3 Å². The fourth-order valence-electron chi connectivity index (χ4n) is 7.24. The Hall–Kier alpha value is -2.94. The van der Waals surface area contributed by atoms with E-state index in [1.807, 2.05) is 42.8 Å². The van der Waals surface area contributed by atoms with E-state index in [9.17, 15) is 14.0 Å². The Morgan fingerprint density at radius 2 is 1.82 bits per heavy atom. The lowest BCUT2D eigenvalue weighted by Gasteiger charge is -2.46. The van der Waals surface area contributed by atoms with Crippen LogP contribution in [0, 0.1) is 5.41 Å². The lowest BCUT2D eigenvalue weighted by atomic mass is 9.90. The van der Waals surface area contributed by atoms with Crippen LogP contribution in [0.15, 0.2) is 35.8 Å². The largest absolute Gasteiger partial charge is 0.444 e.